The molecule has 1 fully saturated rings. The van der Waals surface area contributed by atoms with Gasteiger partial charge in [0.25, 0.3) is 5.91 Å². The molecule has 1 aliphatic heterocycles. The van der Waals surface area contributed by atoms with E-state index in [0.29, 0.717) is 23.6 Å². The number of sulfonamides is 1. The molecular weight excluding hydrogens is 386 g/mol. The van der Waals surface area contributed by atoms with E-state index in [1.807, 2.05) is 0 Å². The number of morpholine rings is 1. The highest BCUT2D eigenvalue weighted by atomic mass is 32.2. The predicted octanol–water partition coefficient (Wildman–Crippen LogP) is -1.34. The number of carbonyl (C=O) groups is 1. The second kappa shape index (κ2) is 11.2. The molecule has 9 nitrogen and oxygen atoms in total. The molecule has 0 spiro atoms. The van der Waals surface area contributed by atoms with Crippen LogP contribution in [0.15, 0.2) is 18.2 Å². The molecule has 1 heterocycles. The SMILES string of the molecule is COc1cc(OC)cc(C(=O)NCCS(=O)(=O)NCCC[NH+]2CCOCC2)c1. The van der Waals surface area contributed by atoms with E-state index in [1.165, 1.54) is 19.1 Å². The lowest BCUT2D eigenvalue weighted by Gasteiger charge is -2.23. The van der Waals surface area contributed by atoms with Crippen LogP contribution in [0.1, 0.15) is 16.8 Å². The van der Waals surface area contributed by atoms with Gasteiger partial charge in [-0.15, -0.1) is 0 Å². The lowest BCUT2D eigenvalue weighted by molar-refractivity contribution is -0.908. The molecule has 158 valence electrons. The molecular formula is C18H30N3O6S+. The minimum Gasteiger partial charge on any atom is -0.497 e. The predicted molar refractivity (Wildman–Crippen MR) is 105 cm³/mol. The molecule has 10 heteroatoms. The Labute approximate surface area is 166 Å². The standard InChI is InChI=1S/C18H29N3O6S/c1-25-16-12-15(13-17(14-16)26-2)18(22)19-5-11-28(23,24)20-4-3-6-21-7-9-27-10-8-21/h12-14,20H,3-11H2,1-2H3,(H,19,22)/p+1. The number of carbonyl (C=O) groups excluding carboxylic acids is 1. The van der Waals surface area contributed by atoms with Crippen molar-refractivity contribution in [3.8, 4) is 11.5 Å². The van der Waals surface area contributed by atoms with Crippen LogP contribution in [0.4, 0.5) is 0 Å². The quantitative estimate of drug-likeness (QED) is 0.386. The molecule has 1 aromatic rings. The van der Waals surface area contributed by atoms with Crippen molar-refractivity contribution < 1.29 is 32.3 Å². The van der Waals surface area contributed by atoms with Crippen molar-refractivity contribution in [2.24, 2.45) is 0 Å². The third-order valence-electron chi connectivity index (χ3n) is 4.50. The van der Waals surface area contributed by atoms with Crippen molar-refractivity contribution in [1.82, 2.24) is 10.0 Å². The highest BCUT2D eigenvalue weighted by Crippen LogP contribution is 2.22. The number of hydrogen-bond donors (Lipinski definition) is 3. The second-order valence-corrected chi connectivity index (χ2v) is 8.46. The molecule has 1 amide bonds. The van der Waals surface area contributed by atoms with Gasteiger partial charge >= 0.3 is 0 Å². The zero-order chi connectivity index (χ0) is 20.4. The van der Waals surface area contributed by atoms with Gasteiger partial charge in [-0.1, -0.05) is 0 Å². The number of hydrogen-bond acceptors (Lipinski definition) is 6. The van der Waals surface area contributed by atoms with Crippen LogP contribution in [0, 0.1) is 0 Å². The zero-order valence-electron chi connectivity index (χ0n) is 16.5. The van der Waals surface area contributed by atoms with Gasteiger partial charge < -0.3 is 24.4 Å². The molecule has 28 heavy (non-hydrogen) atoms. The normalized spacial score (nSPS) is 15.2. The Morgan fingerprint density at radius 2 is 1.75 bits per heavy atom. The van der Waals surface area contributed by atoms with E-state index in [2.05, 4.69) is 10.0 Å². The van der Waals surface area contributed by atoms with E-state index in [-0.39, 0.29) is 18.2 Å². The average molecular weight is 417 g/mol. The monoisotopic (exact) mass is 416 g/mol. The van der Waals surface area contributed by atoms with Gasteiger partial charge in [0.1, 0.15) is 24.6 Å². The van der Waals surface area contributed by atoms with Crippen LogP contribution in [0.5, 0.6) is 11.5 Å². The Morgan fingerprint density at radius 3 is 2.36 bits per heavy atom. The van der Waals surface area contributed by atoms with Crippen molar-refractivity contribution in [2.75, 3.05) is 65.9 Å². The Balaban J connectivity index is 1.71. The number of nitrogens with one attached hydrogen (secondary N) is 3. The molecule has 0 radical (unpaired) electrons. The first-order valence-electron chi connectivity index (χ1n) is 9.33. The topological polar surface area (TPSA) is 107 Å². The minimum atomic E-state index is -3.44. The molecule has 1 aliphatic rings. The number of ether oxygens (including phenoxy) is 3. The number of methoxy groups -OCH3 is 2. The van der Waals surface area contributed by atoms with Crippen LogP contribution in [0.25, 0.3) is 0 Å². The summed E-state index contributed by atoms with van der Waals surface area (Å²) in [5.74, 6) is 0.412. The molecule has 1 aromatic carbocycles. The molecule has 2 rings (SSSR count). The van der Waals surface area contributed by atoms with E-state index in [4.69, 9.17) is 14.2 Å². The number of amides is 1. The Bertz CT molecular complexity index is 713. The van der Waals surface area contributed by atoms with Gasteiger partial charge in [0.15, 0.2) is 0 Å². The van der Waals surface area contributed by atoms with Crippen molar-refractivity contribution in [1.29, 1.82) is 0 Å². The first-order valence-corrected chi connectivity index (χ1v) is 11.0. The van der Waals surface area contributed by atoms with E-state index >= 15 is 0 Å². The molecule has 0 aromatic heterocycles. The summed E-state index contributed by atoms with van der Waals surface area (Å²) in [6.07, 6.45) is 0.768. The van der Waals surface area contributed by atoms with Crippen LogP contribution in [-0.2, 0) is 14.8 Å². The lowest BCUT2D eigenvalue weighted by atomic mass is 10.2. The lowest BCUT2D eigenvalue weighted by Crippen LogP contribution is -3.14. The summed E-state index contributed by atoms with van der Waals surface area (Å²) in [5, 5.41) is 2.61. The van der Waals surface area contributed by atoms with Gasteiger partial charge in [0.05, 0.1) is 39.7 Å². The summed E-state index contributed by atoms with van der Waals surface area (Å²) in [6.45, 7) is 4.79. The highest BCUT2D eigenvalue weighted by molar-refractivity contribution is 7.89. The summed E-state index contributed by atoms with van der Waals surface area (Å²) in [5.41, 5.74) is 0.343. The summed E-state index contributed by atoms with van der Waals surface area (Å²) < 4.78 is 42.3. The first-order chi connectivity index (χ1) is 13.4. The summed E-state index contributed by atoms with van der Waals surface area (Å²) in [4.78, 5) is 13.7. The van der Waals surface area contributed by atoms with Crippen LogP contribution < -0.4 is 24.4 Å². The molecule has 0 aliphatic carbocycles. The molecule has 0 unspecified atom stereocenters. The van der Waals surface area contributed by atoms with Gasteiger partial charge in [-0.3, -0.25) is 4.79 Å². The Hall–Kier alpha value is -1.88. The van der Waals surface area contributed by atoms with Crippen LogP contribution in [-0.4, -0.2) is 80.2 Å². The van der Waals surface area contributed by atoms with E-state index in [9.17, 15) is 13.2 Å². The smallest absolute Gasteiger partial charge is 0.251 e. The van der Waals surface area contributed by atoms with E-state index in [0.717, 1.165) is 39.3 Å². The largest absolute Gasteiger partial charge is 0.497 e. The summed E-state index contributed by atoms with van der Waals surface area (Å²) in [7, 11) is -0.446. The minimum absolute atomic E-state index is 0.0163. The number of benzene rings is 1. The fourth-order valence-electron chi connectivity index (χ4n) is 2.89. The van der Waals surface area contributed by atoms with E-state index < -0.39 is 10.0 Å². The van der Waals surface area contributed by atoms with Crippen LogP contribution in [0.2, 0.25) is 0 Å². The maximum atomic E-state index is 12.3. The molecule has 1 saturated heterocycles. The van der Waals surface area contributed by atoms with Gasteiger partial charge in [-0.2, -0.15) is 0 Å². The third kappa shape index (κ3) is 7.63. The summed E-state index contributed by atoms with van der Waals surface area (Å²) in [6, 6.07) is 4.79. The maximum absolute atomic E-state index is 12.3. The Morgan fingerprint density at radius 1 is 1.11 bits per heavy atom. The van der Waals surface area contributed by atoms with Crippen molar-refractivity contribution in [3.63, 3.8) is 0 Å². The number of quaternary nitrogens is 1. The first kappa shape index (κ1) is 22.4. The van der Waals surface area contributed by atoms with Crippen molar-refractivity contribution >= 4 is 15.9 Å². The molecule has 0 saturated carbocycles. The maximum Gasteiger partial charge on any atom is 0.251 e. The average Bonchev–Trinajstić information content (AvgIpc) is 2.71. The second-order valence-electron chi connectivity index (χ2n) is 6.54. The fourth-order valence-corrected chi connectivity index (χ4v) is 3.86. The zero-order valence-corrected chi connectivity index (χ0v) is 17.3. The van der Waals surface area contributed by atoms with Gasteiger partial charge in [-0.25, -0.2) is 13.1 Å². The summed E-state index contributed by atoms with van der Waals surface area (Å²) >= 11 is 0. The molecule has 0 atom stereocenters. The van der Waals surface area contributed by atoms with Crippen LogP contribution >= 0.6 is 0 Å². The van der Waals surface area contributed by atoms with Gasteiger partial charge in [-0.05, 0) is 12.1 Å². The van der Waals surface area contributed by atoms with Crippen LogP contribution in [0.3, 0.4) is 0 Å². The molecule has 3 N–H and O–H groups in total. The van der Waals surface area contributed by atoms with Gasteiger partial charge in [0, 0.05) is 31.1 Å². The number of rotatable bonds is 11. The van der Waals surface area contributed by atoms with Crippen molar-refractivity contribution in [2.45, 2.75) is 6.42 Å². The van der Waals surface area contributed by atoms with Gasteiger partial charge in [0.2, 0.25) is 10.0 Å². The Kier molecular flexibility index (Phi) is 8.97. The molecule has 0 bridgehead atoms. The fraction of sp³-hybridized carbons (Fsp3) is 0.611. The third-order valence-corrected chi connectivity index (χ3v) is 5.88. The van der Waals surface area contributed by atoms with Crippen molar-refractivity contribution in [3.05, 3.63) is 23.8 Å². The highest BCUT2D eigenvalue weighted by Gasteiger charge is 2.15. The van der Waals surface area contributed by atoms with E-state index in [1.54, 1.807) is 18.2 Å².